The molecular weight excluding hydrogens is 200 g/mol. The van der Waals surface area contributed by atoms with Gasteiger partial charge in [0.25, 0.3) is 0 Å². The molecule has 1 aromatic heterocycles. The maximum Gasteiger partial charge on any atom is 0.356 e. The highest BCUT2D eigenvalue weighted by atomic mass is 32.2. The highest BCUT2D eigenvalue weighted by Crippen LogP contribution is 2.16. The van der Waals surface area contributed by atoms with Gasteiger partial charge in [0, 0.05) is 13.2 Å². The van der Waals surface area contributed by atoms with E-state index < -0.39 is 5.97 Å². The van der Waals surface area contributed by atoms with E-state index >= 15 is 0 Å². The van der Waals surface area contributed by atoms with Gasteiger partial charge in [-0.3, -0.25) is 0 Å². The topological polar surface area (TPSA) is 55.1 Å². The molecule has 0 saturated heterocycles. The van der Waals surface area contributed by atoms with E-state index in [1.54, 1.807) is 22.5 Å². The number of rotatable bonds is 4. The second-order valence-electron chi connectivity index (χ2n) is 3.32. The molecule has 0 aromatic carbocycles. The van der Waals surface area contributed by atoms with Crippen LogP contribution in [0.3, 0.4) is 0 Å². The summed E-state index contributed by atoms with van der Waals surface area (Å²) in [6.45, 7) is 4.21. The molecule has 0 aliphatic heterocycles. The van der Waals surface area contributed by atoms with E-state index in [9.17, 15) is 4.79 Å². The van der Waals surface area contributed by atoms with Gasteiger partial charge in [0.15, 0.2) is 5.69 Å². The third-order valence-corrected chi connectivity index (χ3v) is 2.83. The van der Waals surface area contributed by atoms with Crippen molar-refractivity contribution < 1.29 is 9.90 Å². The minimum atomic E-state index is -0.971. The number of aromatic nitrogens is 2. The molecule has 0 saturated carbocycles. The highest BCUT2D eigenvalue weighted by molar-refractivity contribution is 7.99. The van der Waals surface area contributed by atoms with Crippen LogP contribution in [0.2, 0.25) is 0 Å². The summed E-state index contributed by atoms with van der Waals surface area (Å²) in [7, 11) is 1.82. The van der Waals surface area contributed by atoms with Crippen molar-refractivity contribution >= 4 is 17.7 Å². The van der Waals surface area contributed by atoms with Crippen molar-refractivity contribution in [3.8, 4) is 0 Å². The Kier molecular flexibility index (Phi) is 3.57. The summed E-state index contributed by atoms with van der Waals surface area (Å²) in [5.41, 5.74) is 0.117. The molecule has 0 aliphatic rings. The normalized spacial score (nSPS) is 10.9. The van der Waals surface area contributed by atoms with Gasteiger partial charge < -0.3 is 9.67 Å². The van der Waals surface area contributed by atoms with Crippen molar-refractivity contribution in [1.82, 2.24) is 9.55 Å². The van der Waals surface area contributed by atoms with Gasteiger partial charge in [-0.1, -0.05) is 13.8 Å². The van der Waals surface area contributed by atoms with Crippen LogP contribution in [0.1, 0.15) is 30.2 Å². The molecule has 1 N–H and O–H groups in total. The minimum Gasteiger partial charge on any atom is -0.476 e. The molecule has 1 rings (SSSR count). The lowest BCUT2D eigenvalue weighted by Crippen LogP contribution is -1.98. The van der Waals surface area contributed by atoms with E-state index in [1.807, 2.05) is 7.05 Å². The van der Waals surface area contributed by atoms with Crippen molar-refractivity contribution in [3.05, 3.63) is 17.7 Å². The second kappa shape index (κ2) is 4.50. The van der Waals surface area contributed by atoms with Crippen molar-refractivity contribution in [1.29, 1.82) is 0 Å². The SMILES string of the molecule is CC(C)SCc1nc(C(=O)O)cn1C. The zero-order valence-electron chi connectivity index (χ0n) is 8.52. The Labute approximate surface area is 87.3 Å². The monoisotopic (exact) mass is 214 g/mol. The number of aryl methyl sites for hydroxylation is 1. The van der Waals surface area contributed by atoms with E-state index in [1.165, 1.54) is 0 Å². The third-order valence-electron chi connectivity index (χ3n) is 1.74. The van der Waals surface area contributed by atoms with Crippen LogP contribution < -0.4 is 0 Å². The molecule has 1 aromatic rings. The summed E-state index contributed by atoms with van der Waals surface area (Å²) in [6.07, 6.45) is 1.54. The number of nitrogens with zero attached hydrogens (tertiary/aromatic N) is 2. The first-order valence-corrected chi connectivity index (χ1v) is 5.42. The van der Waals surface area contributed by atoms with Gasteiger partial charge >= 0.3 is 5.97 Å². The lowest BCUT2D eigenvalue weighted by atomic mass is 10.5. The summed E-state index contributed by atoms with van der Waals surface area (Å²) >= 11 is 1.75. The van der Waals surface area contributed by atoms with Crippen LogP contribution in [0.15, 0.2) is 6.20 Å². The number of imidazole rings is 1. The standard InChI is InChI=1S/C9H14N2O2S/c1-6(2)14-5-8-10-7(9(12)13)4-11(8)3/h4,6H,5H2,1-3H3,(H,12,13). The van der Waals surface area contributed by atoms with Gasteiger partial charge in [0.2, 0.25) is 0 Å². The fraction of sp³-hybridized carbons (Fsp3) is 0.556. The van der Waals surface area contributed by atoms with Crippen LogP contribution in [0.4, 0.5) is 0 Å². The zero-order valence-corrected chi connectivity index (χ0v) is 9.34. The summed E-state index contributed by atoms with van der Waals surface area (Å²) in [6, 6.07) is 0. The fourth-order valence-corrected chi connectivity index (χ4v) is 1.73. The third kappa shape index (κ3) is 2.77. The lowest BCUT2D eigenvalue weighted by Gasteiger charge is -2.03. The van der Waals surface area contributed by atoms with Crippen molar-refractivity contribution in [2.75, 3.05) is 0 Å². The zero-order chi connectivity index (χ0) is 10.7. The predicted octanol–water partition coefficient (Wildman–Crippen LogP) is 1.76. The van der Waals surface area contributed by atoms with Gasteiger partial charge in [0.1, 0.15) is 5.82 Å². The number of carboxylic acid groups (broad SMARTS) is 1. The number of hydrogen-bond acceptors (Lipinski definition) is 3. The first-order valence-electron chi connectivity index (χ1n) is 4.38. The average Bonchev–Trinajstić information content (AvgIpc) is 2.43. The Balaban J connectivity index is 2.72. The van der Waals surface area contributed by atoms with Crippen molar-refractivity contribution in [2.45, 2.75) is 24.9 Å². The van der Waals surface area contributed by atoms with Gasteiger partial charge in [-0.15, -0.1) is 0 Å². The van der Waals surface area contributed by atoms with E-state index in [-0.39, 0.29) is 5.69 Å². The number of carboxylic acids is 1. The molecule has 0 atom stereocenters. The quantitative estimate of drug-likeness (QED) is 0.829. The summed E-state index contributed by atoms with van der Waals surface area (Å²) < 4.78 is 1.76. The number of thioether (sulfide) groups is 1. The van der Waals surface area contributed by atoms with Crippen molar-refractivity contribution in [3.63, 3.8) is 0 Å². The summed E-state index contributed by atoms with van der Waals surface area (Å²) in [5, 5.41) is 9.25. The van der Waals surface area contributed by atoms with Crippen LogP contribution in [0.5, 0.6) is 0 Å². The summed E-state index contributed by atoms with van der Waals surface area (Å²) in [5.74, 6) is 0.587. The number of aromatic carboxylic acids is 1. The van der Waals surface area contributed by atoms with Gasteiger partial charge in [-0.2, -0.15) is 11.8 Å². The lowest BCUT2D eigenvalue weighted by molar-refractivity contribution is 0.0691. The molecule has 14 heavy (non-hydrogen) atoms. The molecule has 0 radical (unpaired) electrons. The maximum absolute atomic E-state index is 10.6. The molecule has 0 spiro atoms. The van der Waals surface area contributed by atoms with Gasteiger partial charge in [-0.25, -0.2) is 9.78 Å². The highest BCUT2D eigenvalue weighted by Gasteiger charge is 2.11. The van der Waals surface area contributed by atoms with E-state index in [0.717, 1.165) is 11.6 Å². The Bertz CT molecular complexity index is 334. The minimum absolute atomic E-state index is 0.117. The number of hydrogen-bond donors (Lipinski definition) is 1. The number of carbonyl (C=O) groups is 1. The summed E-state index contributed by atoms with van der Waals surface area (Å²) in [4.78, 5) is 14.6. The van der Waals surface area contributed by atoms with E-state index in [2.05, 4.69) is 18.8 Å². The molecule has 0 unspecified atom stereocenters. The molecule has 78 valence electrons. The van der Waals surface area contributed by atoms with Gasteiger partial charge in [0.05, 0.1) is 5.75 Å². The first kappa shape index (κ1) is 11.1. The van der Waals surface area contributed by atoms with Crippen LogP contribution in [-0.2, 0) is 12.8 Å². The molecule has 1 heterocycles. The fourth-order valence-electron chi connectivity index (χ4n) is 0.983. The van der Waals surface area contributed by atoms with Crippen LogP contribution in [0, 0.1) is 0 Å². The molecule has 4 nitrogen and oxygen atoms in total. The molecule has 0 bridgehead atoms. The second-order valence-corrected chi connectivity index (χ2v) is 4.88. The largest absolute Gasteiger partial charge is 0.476 e. The first-order chi connectivity index (χ1) is 6.50. The Morgan fingerprint density at radius 1 is 1.71 bits per heavy atom. The smallest absolute Gasteiger partial charge is 0.356 e. The predicted molar refractivity (Wildman–Crippen MR) is 56.6 cm³/mol. The molecule has 0 aliphatic carbocycles. The van der Waals surface area contributed by atoms with Crippen LogP contribution >= 0.6 is 11.8 Å². The molecule has 0 amide bonds. The van der Waals surface area contributed by atoms with E-state index in [4.69, 9.17) is 5.11 Å². The Morgan fingerprint density at radius 2 is 2.36 bits per heavy atom. The average molecular weight is 214 g/mol. The Morgan fingerprint density at radius 3 is 2.79 bits per heavy atom. The Hall–Kier alpha value is -0.970. The van der Waals surface area contributed by atoms with Crippen molar-refractivity contribution in [2.24, 2.45) is 7.05 Å². The molecule has 0 fully saturated rings. The molecular formula is C9H14N2O2S. The van der Waals surface area contributed by atoms with Gasteiger partial charge in [-0.05, 0) is 5.25 Å². The van der Waals surface area contributed by atoms with E-state index in [0.29, 0.717) is 5.25 Å². The molecule has 5 heteroatoms. The van der Waals surface area contributed by atoms with Crippen LogP contribution in [0.25, 0.3) is 0 Å². The maximum atomic E-state index is 10.6. The van der Waals surface area contributed by atoms with Crippen LogP contribution in [-0.4, -0.2) is 25.9 Å².